The Bertz CT molecular complexity index is 800. The van der Waals surface area contributed by atoms with Crippen molar-refractivity contribution in [3.05, 3.63) is 47.5 Å². The number of para-hydroxylation sites is 1. The van der Waals surface area contributed by atoms with E-state index in [1.54, 1.807) is 11.3 Å². The molecular formula is C17H16N2O2S. The van der Waals surface area contributed by atoms with Gasteiger partial charge in [0.1, 0.15) is 0 Å². The fourth-order valence-electron chi connectivity index (χ4n) is 2.60. The van der Waals surface area contributed by atoms with Gasteiger partial charge in [0, 0.05) is 24.7 Å². The van der Waals surface area contributed by atoms with Crippen molar-refractivity contribution in [2.45, 2.75) is 13.0 Å². The lowest BCUT2D eigenvalue weighted by molar-refractivity contribution is 0.296. The maximum absolute atomic E-state index is 5.87. The minimum absolute atomic E-state index is 0.698. The van der Waals surface area contributed by atoms with Gasteiger partial charge >= 0.3 is 0 Å². The van der Waals surface area contributed by atoms with Gasteiger partial charge in [0.2, 0.25) is 0 Å². The van der Waals surface area contributed by atoms with Crippen LogP contribution in [0, 0.1) is 0 Å². The number of hydrogen-bond donors (Lipinski definition) is 1. The molecule has 0 spiro atoms. The summed E-state index contributed by atoms with van der Waals surface area (Å²) < 4.78 is 12.8. The molecule has 3 aromatic rings. The number of nitrogens with one attached hydrogen (secondary N) is 1. The van der Waals surface area contributed by atoms with E-state index in [1.807, 2.05) is 30.5 Å². The van der Waals surface area contributed by atoms with Crippen LogP contribution < -0.4 is 14.8 Å². The van der Waals surface area contributed by atoms with E-state index in [1.165, 1.54) is 4.70 Å². The van der Waals surface area contributed by atoms with Crippen molar-refractivity contribution >= 4 is 27.2 Å². The van der Waals surface area contributed by atoms with Gasteiger partial charge in [-0.3, -0.25) is 4.98 Å². The second-order valence-electron chi connectivity index (χ2n) is 5.14. The monoisotopic (exact) mass is 312 g/mol. The van der Waals surface area contributed by atoms with Crippen molar-refractivity contribution in [3.8, 4) is 11.5 Å². The Hall–Kier alpha value is -2.27. The molecule has 0 aliphatic carbocycles. The van der Waals surface area contributed by atoms with Crippen LogP contribution >= 0.6 is 11.3 Å². The van der Waals surface area contributed by atoms with Crippen molar-refractivity contribution in [2.24, 2.45) is 0 Å². The van der Waals surface area contributed by atoms with Crippen LogP contribution in [-0.2, 0) is 6.54 Å². The Morgan fingerprint density at radius 3 is 3.09 bits per heavy atom. The number of fused-ring (bicyclic) bond motifs is 2. The molecule has 3 heterocycles. The van der Waals surface area contributed by atoms with Crippen LogP contribution in [0.2, 0.25) is 0 Å². The molecule has 0 radical (unpaired) electrons. The van der Waals surface area contributed by atoms with Gasteiger partial charge in [-0.15, -0.1) is 11.3 Å². The zero-order chi connectivity index (χ0) is 14.8. The summed E-state index contributed by atoms with van der Waals surface area (Å²) in [5.74, 6) is 1.71. The summed E-state index contributed by atoms with van der Waals surface area (Å²) in [5.41, 5.74) is 3.24. The molecule has 1 aliphatic rings. The third-order valence-electron chi connectivity index (χ3n) is 3.67. The molecule has 5 heteroatoms. The largest absolute Gasteiger partial charge is 0.490 e. The zero-order valence-electron chi connectivity index (χ0n) is 12.0. The number of pyridine rings is 1. The highest BCUT2D eigenvalue weighted by atomic mass is 32.1. The molecule has 0 unspecified atom stereocenters. The molecule has 0 bridgehead atoms. The average molecular weight is 312 g/mol. The second-order valence-corrected chi connectivity index (χ2v) is 6.06. The van der Waals surface area contributed by atoms with E-state index >= 15 is 0 Å². The van der Waals surface area contributed by atoms with Crippen LogP contribution in [-0.4, -0.2) is 18.2 Å². The summed E-state index contributed by atoms with van der Waals surface area (Å²) in [6.45, 7) is 2.11. The first-order chi connectivity index (χ1) is 10.9. The molecule has 2 aromatic heterocycles. The summed E-state index contributed by atoms with van der Waals surface area (Å²) in [6, 6.07) is 10.1. The molecule has 0 fully saturated rings. The first-order valence-electron chi connectivity index (χ1n) is 7.35. The van der Waals surface area contributed by atoms with Crippen LogP contribution in [0.15, 0.2) is 41.9 Å². The van der Waals surface area contributed by atoms with Crippen LogP contribution in [0.3, 0.4) is 0 Å². The number of nitrogens with zero attached hydrogens (tertiary/aromatic N) is 1. The Morgan fingerprint density at radius 1 is 1.14 bits per heavy atom. The van der Waals surface area contributed by atoms with Gasteiger partial charge < -0.3 is 14.8 Å². The van der Waals surface area contributed by atoms with E-state index in [4.69, 9.17) is 9.47 Å². The Balaban J connectivity index is 1.61. The summed E-state index contributed by atoms with van der Waals surface area (Å²) in [6.07, 6.45) is 2.75. The minimum atomic E-state index is 0.698. The summed E-state index contributed by atoms with van der Waals surface area (Å²) >= 11 is 1.70. The highest BCUT2D eigenvalue weighted by Crippen LogP contribution is 2.34. The van der Waals surface area contributed by atoms with Crippen molar-refractivity contribution < 1.29 is 9.47 Å². The lowest BCUT2D eigenvalue weighted by Gasteiger charge is -2.14. The highest BCUT2D eigenvalue weighted by Gasteiger charge is 2.14. The third-order valence-corrected chi connectivity index (χ3v) is 4.60. The average Bonchev–Trinajstić information content (AvgIpc) is 2.90. The van der Waals surface area contributed by atoms with E-state index in [9.17, 15) is 0 Å². The Morgan fingerprint density at radius 2 is 2.09 bits per heavy atom. The van der Waals surface area contributed by atoms with Crippen LogP contribution in [0.4, 0.5) is 5.69 Å². The molecule has 4 rings (SSSR count). The second kappa shape index (κ2) is 5.85. The molecule has 0 saturated heterocycles. The van der Waals surface area contributed by atoms with Gasteiger partial charge in [0.15, 0.2) is 11.5 Å². The van der Waals surface area contributed by atoms with Gasteiger partial charge in [0.05, 0.1) is 29.1 Å². The quantitative estimate of drug-likeness (QED) is 0.792. The van der Waals surface area contributed by atoms with E-state index in [2.05, 4.69) is 21.7 Å². The number of anilines is 1. The molecule has 1 N–H and O–H groups in total. The fourth-order valence-corrected chi connectivity index (χ4v) is 3.44. The first-order valence-corrected chi connectivity index (χ1v) is 8.23. The summed E-state index contributed by atoms with van der Waals surface area (Å²) in [5, 5.41) is 5.56. The molecule has 112 valence electrons. The molecule has 0 saturated carbocycles. The molecule has 22 heavy (non-hydrogen) atoms. The number of hydrogen-bond acceptors (Lipinski definition) is 5. The predicted octanol–water partition coefficient (Wildman–Crippen LogP) is 4.07. The molecule has 4 nitrogen and oxygen atoms in total. The van der Waals surface area contributed by atoms with Crippen molar-refractivity contribution in [2.75, 3.05) is 18.5 Å². The maximum atomic E-state index is 5.87. The number of benzene rings is 1. The van der Waals surface area contributed by atoms with E-state index in [0.29, 0.717) is 19.8 Å². The fraction of sp³-hybridized carbons (Fsp3) is 0.235. The Kier molecular flexibility index (Phi) is 3.56. The van der Waals surface area contributed by atoms with Crippen molar-refractivity contribution in [1.82, 2.24) is 4.98 Å². The van der Waals surface area contributed by atoms with Gasteiger partial charge in [-0.1, -0.05) is 12.1 Å². The van der Waals surface area contributed by atoms with Gasteiger partial charge in [-0.2, -0.15) is 0 Å². The Labute approximate surface area is 132 Å². The number of thiophene rings is 1. The normalized spacial score (nSPS) is 13.8. The van der Waals surface area contributed by atoms with Gasteiger partial charge in [0.25, 0.3) is 0 Å². The van der Waals surface area contributed by atoms with E-state index < -0.39 is 0 Å². The lowest BCUT2D eigenvalue weighted by Crippen LogP contribution is -2.03. The molecule has 1 aromatic carbocycles. The number of aromatic nitrogens is 1. The topological polar surface area (TPSA) is 43.4 Å². The smallest absolute Gasteiger partial charge is 0.166 e. The van der Waals surface area contributed by atoms with Crippen molar-refractivity contribution in [1.29, 1.82) is 0 Å². The zero-order valence-corrected chi connectivity index (χ0v) is 12.9. The van der Waals surface area contributed by atoms with Crippen LogP contribution in [0.5, 0.6) is 11.5 Å². The molecular weight excluding hydrogens is 296 g/mol. The number of ether oxygens (including phenoxy) is 2. The third kappa shape index (κ3) is 2.48. The SMILES string of the molecule is c1cc(CNc2ccnc3ccsc23)c2c(c1)OCCCO2. The predicted molar refractivity (Wildman–Crippen MR) is 89.0 cm³/mol. The van der Waals surface area contributed by atoms with E-state index in [0.717, 1.165) is 34.7 Å². The molecule has 0 amide bonds. The number of rotatable bonds is 3. The lowest BCUT2D eigenvalue weighted by atomic mass is 10.1. The van der Waals surface area contributed by atoms with Crippen LogP contribution in [0.1, 0.15) is 12.0 Å². The summed E-state index contributed by atoms with van der Waals surface area (Å²) in [4.78, 5) is 4.37. The molecule has 1 aliphatic heterocycles. The highest BCUT2D eigenvalue weighted by molar-refractivity contribution is 7.17. The van der Waals surface area contributed by atoms with E-state index in [-0.39, 0.29) is 0 Å². The van der Waals surface area contributed by atoms with Crippen molar-refractivity contribution in [3.63, 3.8) is 0 Å². The molecule has 0 atom stereocenters. The van der Waals surface area contributed by atoms with Crippen LogP contribution in [0.25, 0.3) is 10.2 Å². The first kappa shape index (κ1) is 13.4. The standard InChI is InChI=1S/C17H16N2O2S/c1-3-12(16-15(4-1)20-8-2-9-21-16)11-19-13-5-7-18-14-6-10-22-17(13)14/h1,3-7,10H,2,8-9,11H2,(H,18,19). The van der Waals surface area contributed by atoms with Gasteiger partial charge in [-0.05, 0) is 23.6 Å². The summed E-state index contributed by atoms with van der Waals surface area (Å²) in [7, 11) is 0. The van der Waals surface area contributed by atoms with Gasteiger partial charge in [-0.25, -0.2) is 0 Å². The maximum Gasteiger partial charge on any atom is 0.166 e. The minimum Gasteiger partial charge on any atom is -0.490 e.